The molecule has 3 aromatic carbocycles. The van der Waals surface area contributed by atoms with Crippen LogP contribution in [0.4, 0.5) is 0 Å². The summed E-state index contributed by atoms with van der Waals surface area (Å²) < 4.78 is 7.45. The van der Waals surface area contributed by atoms with E-state index in [1.165, 1.54) is 5.56 Å². The number of hydrogen-bond donors (Lipinski definition) is 2. The van der Waals surface area contributed by atoms with Crippen molar-refractivity contribution in [3.63, 3.8) is 0 Å². The normalized spacial score (nSPS) is 11.9. The molecule has 1 atom stereocenters. The van der Waals surface area contributed by atoms with Crippen molar-refractivity contribution in [1.29, 1.82) is 0 Å². The van der Waals surface area contributed by atoms with E-state index >= 15 is 0 Å². The van der Waals surface area contributed by atoms with Gasteiger partial charge in [-0.15, -0.1) is 0 Å². The minimum atomic E-state index is -1.01. The first-order chi connectivity index (χ1) is 17.5. The van der Waals surface area contributed by atoms with E-state index in [0.717, 1.165) is 44.7 Å². The number of rotatable bonds is 8. The molecular weight excluding hydrogens is 452 g/mol. The molecule has 0 saturated heterocycles. The third kappa shape index (κ3) is 4.82. The summed E-state index contributed by atoms with van der Waals surface area (Å²) in [5.74, 6) is -0.169. The van der Waals surface area contributed by atoms with Crippen LogP contribution in [0.2, 0.25) is 0 Å². The zero-order valence-electron chi connectivity index (χ0n) is 19.8. The molecule has 0 radical (unpaired) electrons. The topological polar surface area (TPSA) is 103 Å². The van der Waals surface area contributed by atoms with Crippen molar-refractivity contribution < 1.29 is 14.6 Å². The van der Waals surface area contributed by atoms with Gasteiger partial charge in [-0.1, -0.05) is 60.7 Å². The van der Waals surface area contributed by atoms with Gasteiger partial charge in [0.1, 0.15) is 23.8 Å². The fraction of sp³-hybridized carbons (Fsp3) is 0.138. The lowest BCUT2D eigenvalue weighted by Gasteiger charge is -2.09. The maximum atomic E-state index is 11.0. The molecule has 5 aromatic rings. The standard InChI is InChI=1S/C29H26N4O3/c1-36-24-4-2-3-23(16-24)21-9-7-20(8-10-21)17-33-14-13-25-27(31-18-32-28(25)33)22-11-5-19(6-12-22)15-26(30)29(34)35/h2-14,16,18,26H,15,17,30H2,1H3,(H,34,35)/t26-/m0/s1. The number of aliphatic carboxylic acids is 1. The van der Waals surface area contributed by atoms with Crippen molar-refractivity contribution in [3.05, 3.63) is 103 Å². The number of carboxylic acid groups (broad SMARTS) is 1. The van der Waals surface area contributed by atoms with Crippen LogP contribution < -0.4 is 10.5 Å². The molecule has 180 valence electrons. The molecule has 5 rings (SSSR count). The Balaban J connectivity index is 1.37. The van der Waals surface area contributed by atoms with Gasteiger partial charge in [0.15, 0.2) is 0 Å². The Morgan fingerprint density at radius 3 is 2.39 bits per heavy atom. The van der Waals surface area contributed by atoms with Crippen molar-refractivity contribution in [1.82, 2.24) is 14.5 Å². The van der Waals surface area contributed by atoms with Crippen molar-refractivity contribution in [2.24, 2.45) is 5.73 Å². The average Bonchev–Trinajstić information content (AvgIpc) is 3.32. The fourth-order valence-electron chi connectivity index (χ4n) is 4.30. The summed E-state index contributed by atoms with van der Waals surface area (Å²) in [5, 5.41) is 10.00. The molecule has 0 unspecified atom stereocenters. The van der Waals surface area contributed by atoms with Gasteiger partial charge in [-0.3, -0.25) is 4.79 Å². The van der Waals surface area contributed by atoms with Crippen molar-refractivity contribution in [2.75, 3.05) is 7.11 Å². The second-order valence-corrected chi connectivity index (χ2v) is 8.68. The van der Waals surface area contributed by atoms with Crippen LogP contribution in [-0.2, 0) is 17.8 Å². The molecule has 7 nitrogen and oxygen atoms in total. The molecule has 3 N–H and O–H groups in total. The number of ether oxygens (including phenoxy) is 1. The van der Waals surface area contributed by atoms with Gasteiger partial charge >= 0.3 is 5.97 Å². The highest BCUT2D eigenvalue weighted by molar-refractivity contribution is 5.91. The van der Waals surface area contributed by atoms with Crippen LogP contribution in [0, 0.1) is 0 Å². The molecule has 0 aliphatic heterocycles. The third-order valence-electron chi connectivity index (χ3n) is 6.27. The molecule has 2 aromatic heterocycles. The van der Waals surface area contributed by atoms with Crippen LogP contribution in [0.25, 0.3) is 33.4 Å². The van der Waals surface area contributed by atoms with Gasteiger partial charge in [0.2, 0.25) is 0 Å². The molecule has 0 spiro atoms. The molecule has 0 aliphatic rings. The van der Waals surface area contributed by atoms with Gasteiger partial charge < -0.3 is 20.1 Å². The van der Waals surface area contributed by atoms with E-state index in [4.69, 9.17) is 15.6 Å². The number of nitrogens with two attached hydrogens (primary N) is 1. The number of fused-ring (bicyclic) bond motifs is 1. The smallest absolute Gasteiger partial charge is 0.320 e. The average molecular weight is 479 g/mol. The fourth-order valence-corrected chi connectivity index (χ4v) is 4.30. The Kier molecular flexibility index (Phi) is 6.47. The predicted octanol–water partition coefficient (Wildman–Crippen LogP) is 4.78. The van der Waals surface area contributed by atoms with Gasteiger partial charge in [0.25, 0.3) is 0 Å². The maximum absolute atomic E-state index is 11.0. The summed E-state index contributed by atoms with van der Waals surface area (Å²) in [6.45, 7) is 0.685. The summed E-state index contributed by atoms with van der Waals surface area (Å²) in [6.07, 6.45) is 3.88. The quantitative estimate of drug-likeness (QED) is 0.333. The van der Waals surface area contributed by atoms with Crippen LogP contribution in [0.15, 0.2) is 91.4 Å². The molecule has 0 amide bonds. The zero-order chi connectivity index (χ0) is 25.1. The second-order valence-electron chi connectivity index (χ2n) is 8.68. The van der Waals surface area contributed by atoms with Gasteiger partial charge in [-0.25, -0.2) is 9.97 Å². The largest absolute Gasteiger partial charge is 0.497 e. The Labute approximate surface area is 208 Å². The first-order valence-corrected chi connectivity index (χ1v) is 11.6. The summed E-state index contributed by atoms with van der Waals surface area (Å²) in [4.78, 5) is 20.1. The van der Waals surface area contributed by atoms with Crippen LogP contribution in [0.5, 0.6) is 5.75 Å². The van der Waals surface area contributed by atoms with Crippen molar-refractivity contribution in [2.45, 2.75) is 19.0 Å². The van der Waals surface area contributed by atoms with Crippen LogP contribution >= 0.6 is 0 Å². The minimum absolute atomic E-state index is 0.280. The highest BCUT2D eigenvalue weighted by atomic mass is 16.5. The first-order valence-electron chi connectivity index (χ1n) is 11.6. The van der Waals surface area contributed by atoms with E-state index in [1.807, 2.05) is 54.7 Å². The maximum Gasteiger partial charge on any atom is 0.320 e. The van der Waals surface area contributed by atoms with E-state index in [1.54, 1.807) is 13.4 Å². The molecule has 0 bridgehead atoms. The van der Waals surface area contributed by atoms with Gasteiger partial charge in [0, 0.05) is 23.7 Å². The predicted molar refractivity (Wildman–Crippen MR) is 140 cm³/mol. The Morgan fingerprint density at radius 1 is 0.944 bits per heavy atom. The van der Waals surface area contributed by atoms with Gasteiger partial charge in [-0.05, 0) is 46.9 Å². The zero-order valence-corrected chi connectivity index (χ0v) is 19.8. The van der Waals surface area contributed by atoms with E-state index < -0.39 is 12.0 Å². The minimum Gasteiger partial charge on any atom is -0.497 e. The highest BCUT2D eigenvalue weighted by Crippen LogP contribution is 2.28. The first kappa shape index (κ1) is 23.3. The summed E-state index contributed by atoms with van der Waals surface area (Å²) in [7, 11) is 1.67. The number of aromatic nitrogens is 3. The Morgan fingerprint density at radius 2 is 1.67 bits per heavy atom. The SMILES string of the molecule is COc1cccc(-c2ccc(Cn3ccc4c(-c5ccc(C[C@H](N)C(=O)O)cc5)ncnc43)cc2)c1. The number of methoxy groups -OCH3 is 1. The molecule has 2 heterocycles. The number of benzene rings is 3. The van der Waals surface area contributed by atoms with Crippen molar-refractivity contribution in [3.8, 4) is 28.1 Å². The molecular formula is C29H26N4O3. The molecule has 0 fully saturated rings. The van der Waals surface area contributed by atoms with E-state index in [9.17, 15) is 4.79 Å². The highest BCUT2D eigenvalue weighted by Gasteiger charge is 2.14. The summed E-state index contributed by atoms with van der Waals surface area (Å²) in [6, 6.07) is 25.3. The van der Waals surface area contributed by atoms with E-state index in [-0.39, 0.29) is 6.42 Å². The molecule has 36 heavy (non-hydrogen) atoms. The van der Waals surface area contributed by atoms with Crippen LogP contribution in [0.3, 0.4) is 0 Å². The van der Waals surface area contributed by atoms with E-state index in [2.05, 4.69) is 44.9 Å². The monoisotopic (exact) mass is 478 g/mol. The van der Waals surface area contributed by atoms with Crippen molar-refractivity contribution >= 4 is 17.0 Å². The lowest BCUT2D eigenvalue weighted by atomic mass is 10.0. The Bertz CT molecular complexity index is 1510. The number of carboxylic acids is 1. The molecule has 7 heteroatoms. The Hall–Kier alpha value is -4.49. The number of carbonyl (C=O) groups is 1. The molecule has 0 saturated carbocycles. The van der Waals surface area contributed by atoms with Gasteiger partial charge in [-0.2, -0.15) is 0 Å². The van der Waals surface area contributed by atoms with E-state index in [0.29, 0.717) is 6.54 Å². The lowest BCUT2D eigenvalue weighted by molar-refractivity contribution is -0.138. The second kappa shape index (κ2) is 10.0. The van der Waals surface area contributed by atoms with Crippen LogP contribution in [0.1, 0.15) is 11.1 Å². The summed E-state index contributed by atoms with van der Waals surface area (Å²) >= 11 is 0. The lowest BCUT2D eigenvalue weighted by Crippen LogP contribution is -2.32. The summed E-state index contributed by atoms with van der Waals surface area (Å²) in [5.41, 5.74) is 12.6. The number of hydrogen-bond acceptors (Lipinski definition) is 5. The third-order valence-corrected chi connectivity index (χ3v) is 6.27. The molecule has 0 aliphatic carbocycles. The van der Waals surface area contributed by atoms with Crippen LogP contribution in [-0.4, -0.2) is 38.8 Å². The number of nitrogens with zero attached hydrogens (tertiary/aromatic N) is 3. The van der Waals surface area contributed by atoms with Gasteiger partial charge in [0.05, 0.1) is 12.8 Å².